The fourth-order valence-corrected chi connectivity index (χ4v) is 5.46. The Morgan fingerprint density at radius 2 is 2.00 bits per heavy atom. The van der Waals surface area contributed by atoms with Crippen LogP contribution in [0.2, 0.25) is 0 Å². The number of nitrogens with zero attached hydrogens (tertiary/aromatic N) is 3. The summed E-state index contributed by atoms with van der Waals surface area (Å²) in [4.78, 5) is 15.7. The van der Waals surface area contributed by atoms with Crippen LogP contribution in [0, 0.1) is 0 Å². The summed E-state index contributed by atoms with van der Waals surface area (Å²) in [5.74, 6) is 1.78. The molecule has 0 aliphatic carbocycles. The van der Waals surface area contributed by atoms with E-state index in [1.165, 1.54) is 21.0 Å². The average molecular weight is 420 g/mol. The van der Waals surface area contributed by atoms with E-state index in [0.29, 0.717) is 0 Å². The Balaban J connectivity index is 1.30. The molecule has 0 unspecified atom stereocenters. The molecule has 0 atom stereocenters. The van der Waals surface area contributed by atoms with Crippen LogP contribution in [-0.2, 0) is 19.5 Å². The number of ether oxygens (including phenoxy) is 1. The van der Waals surface area contributed by atoms with E-state index in [1.54, 1.807) is 18.4 Å². The molecular formula is C23H21N3OS2. The molecule has 0 bridgehead atoms. The molecule has 3 aromatic heterocycles. The lowest BCUT2D eigenvalue weighted by atomic mass is 10.1. The lowest BCUT2D eigenvalue weighted by molar-refractivity contribution is 0.245. The number of hydrogen-bond acceptors (Lipinski definition) is 6. The SMILES string of the molecule is COc1ccccc1-c1ccc(CN2CCc3nc(-c4cccs4)ncc3C2)s1. The molecule has 1 aliphatic heterocycles. The minimum atomic E-state index is 0.854. The second kappa shape index (κ2) is 8.06. The first-order valence-corrected chi connectivity index (χ1v) is 11.3. The van der Waals surface area contributed by atoms with Crippen LogP contribution in [0.15, 0.2) is 60.1 Å². The predicted molar refractivity (Wildman–Crippen MR) is 119 cm³/mol. The normalized spacial score (nSPS) is 14.0. The van der Waals surface area contributed by atoms with Gasteiger partial charge >= 0.3 is 0 Å². The summed E-state index contributed by atoms with van der Waals surface area (Å²) in [5.41, 5.74) is 3.60. The van der Waals surface area contributed by atoms with Crippen molar-refractivity contribution in [3.63, 3.8) is 0 Å². The van der Waals surface area contributed by atoms with Crippen molar-refractivity contribution in [1.29, 1.82) is 0 Å². The van der Waals surface area contributed by atoms with Crippen LogP contribution in [0.5, 0.6) is 5.75 Å². The van der Waals surface area contributed by atoms with Crippen molar-refractivity contribution in [2.75, 3.05) is 13.7 Å². The minimum Gasteiger partial charge on any atom is -0.496 e. The Bertz CT molecular complexity index is 1120. The molecule has 0 fully saturated rings. The van der Waals surface area contributed by atoms with Crippen LogP contribution in [0.3, 0.4) is 0 Å². The van der Waals surface area contributed by atoms with Crippen molar-refractivity contribution in [2.24, 2.45) is 0 Å². The molecule has 4 nitrogen and oxygen atoms in total. The standard InChI is InChI=1S/C23H21N3OS2/c1-27-20-6-3-2-5-18(20)21-9-8-17(29-21)15-26-11-10-19-16(14-26)13-24-23(25-19)22-7-4-12-28-22/h2-9,12-13H,10-11,14-15H2,1H3. The van der Waals surface area contributed by atoms with Crippen molar-refractivity contribution in [3.8, 4) is 26.9 Å². The predicted octanol–water partition coefficient (Wildman–Crippen LogP) is 5.50. The Morgan fingerprint density at radius 1 is 1.07 bits per heavy atom. The third kappa shape index (κ3) is 3.83. The number of hydrogen-bond donors (Lipinski definition) is 0. The maximum atomic E-state index is 5.52. The summed E-state index contributed by atoms with van der Waals surface area (Å²) in [6.07, 6.45) is 2.99. The highest BCUT2D eigenvalue weighted by atomic mass is 32.1. The number of benzene rings is 1. The molecule has 1 aliphatic rings. The van der Waals surface area contributed by atoms with Gasteiger partial charge in [-0.1, -0.05) is 18.2 Å². The van der Waals surface area contributed by atoms with Crippen LogP contribution in [0.1, 0.15) is 16.1 Å². The van der Waals surface area contributed by atoms with Gasteiger partial charge in [-0.3, -0.25) is 4.90 Å². The summed E-state index contributed by atoms with van der Waals surface area (Å²) in [7, 11) is 1.73. The van der Waals surface area contributed by atoms with E-state index in [-0.39, 0.29) is 0 Å². The molecule has 0 radical (unpaired) electrons. The summed E-state index contributed by atoms with van der Waals surface area (Å²) >= 11 is 3.53. The monoisotopic (exact) mass is 419 g/mol. The summed E-state index contributed by atoms with van der Waals surface area (Å²) in [6, 6.07) is 16.8. The summed E-state index contributed by atoms with van der Waals surface area (Å²) in [5, 5.41) is 2.07. The van der Waals surface area contributed by atoms with E-state index in [4.69, 9.17) is 9.72 Å². The van der Waals surface area contributed by atoms with E-state index in [9.17, 15) is 0 Å². The zero-order valence-corrected chi connectivity index (χ0v) is 17.8. The zero-order valence-electron chi connectivity index (χ0n) is 16.2. The highest BCUT2D eigenvalue weighted by Gasteiger charge is 2.20. The maximum absolute atomic E-state index is 5.52. The number of thiophene rings is 2. The second-order valence-electron chi connectivity index (χ2n) is 7.07. The first kappa shape index (κ1) is 18.5. The summed E-state index contributed by atoms with van der Waals surface area (Å²) < 4.78 is 5.52. The quantitative estimate of drug-likeness (QED) is 0.428. The van der Waals surface area contributed by atoms with E-state index in [2.05, 4.69) is 45.6 Å². The third-order valence-corrected chi connectivity index (χ3v) is 7.14. The number of rotatable bonds is 5. The van der Waals surface area contributed by atoms with Gasteiger partial charge < -0.3 is 4.74 Å². The maximum Gasteiger partial charge on any atom is 0.169 e. The minimum absolute atomic E-state index is 0.854. The molecule has 146 valence electrons. The number of para-hydroxylation sites is 1. The highest BCUT2D eigenvalue weighted by Crippen LogP contribution is 2.35. The molecule has 4 aromatic rings. The Hall–Kier alpha value is -2.54. The fourth-order valence-electron chi connectivity index (χ4n) is 3.71. The van der Waals surface area contributed by atoms with Gasteiger partial charge in [-0.05, 0) is 35.7 Å². The number of aromatic nitrogens is 2. The first-order valence-electron chi connectivity index (χ1n) is 9.63. The van der Waals surface area contributed by atoms with E-state index < -0.39 is 0 Å². The molecule has 29 heavy (non-hydrogen) atoms. The fraction of sp³-hybridized carbons (Fsp3) is 0.217. The summed E-state index contributed by atoms with van der Waals surface area (Å²) in [6.45, 7) is 2.88. The van der Waals surface area contributed by atoms with Gasteiger partial charge in [-0.2, -0.15) is 0 Å². The second-order valence-corrected chi connectivity index (χ2v) is 9.19. The van der Waals surface area contributed by atoms with Crippen molar-refractivity contribution in [2.45, 2.75) is 19.5 Å². The molecule has 6 heteroatoms. The first-order chi connectivity index (χ1) is 14.3. The lowest BCUT2D eigenvalue weighted by Gasteiger charge is -2.27. The third-order valence-electron chi connectivity index (χ3n) is 5.17. The van der Waals surface area contributed by atoms with Gasteiger partial charge in [0.1, 0.15) is 5.75 Å². The van der Waals surface area contributed by atoms with Gasteiger partial charge in [0.15, 0.2) is 5.82 Å². The van der Waals surface area contributed by atoms with Crippen LogP contribution < -0.4 is 4.74 Å². The van der Waals surface area contributed by atoms with Gasteiger partial charge in [0, 0.05) is 53.1 Å². The van der Waals surface area contributed by atoms with Crippen LogP contribution >= 0.6 is 22.7 Å². The van der Waals surface area contributed by atoms with Crippen molar-refractivity contribution >= 4 is 22.7 Å². The molecule has 0 saturated heterocycles. The van der Waals surface area contributed by atoms with Crippen molar-refractivity contribution in [1.82, 2.24) is 14.9 Å². The molecule has 0 saturated carbocycles. The molecule has 0 spiro atoms. The lowest BCUT2D eigenvalue weighted by Crippen LogP contribution is -2.30. The van der Waals surface area contributed by atoms with E-state index >= 15 is 0 Å². The molecule has 0 N–H and O–H groups in total. The molecule has 1 aromatic carbocycles. The van der Waals surface area contributed by atoms with Gasteiger partial charge in [0.25, 0.3) is 0 Å². The Kier molecular flexibility index (Phi) is 5.14. The number of fused-ring (bicyclic) bond motifs is 1. The number of methoxy groups -OCH3 is 1. The average Bonchev–Trinajstić information content (AvgIpc) is 3.46. The van der Waals surface area contributed by atoms with E-state index in [1.807, 2.05) is 35.7 Å². The van der Waals surface area contributed by atoms with Gasteiger partial charge in [0.2, 0.25) is 0 Å². The largest absolute Gasteiger partial charge is 0.496 e. The zero-order chi connectivity index (χ0) is 19.6. The topological polar surface area (TPSA) is 38.2 Å². The van der Waals surface area contributed by atoms with Gasteiger partial charge in [-0.15, -0.1) is 22.7 Å². The Labute approximate surface area is 178 Å². The van der Waals surface area contributed by atoms with Crippen LogP contribution in [-0.4, -0.2) is 28.5 Å². The molecule has 0 amide bonds. The van der Waals surface area contributed by atoms with Crippen molar-refractivity contribution < 1.29 is 4.74 Å². The Morgan fingerprint density at radius 3 is 2.86 bits per heavy atom. The van der Waals surface area contributed by atoms with Crippen LogP contribution in [0.25, 0.3) is 21.1 Å². The van der Waals surface area contributed by atoms with Crippen molar-refractivity contribution in [3.05, 3.63) is 76.2 Å². The smallest absolute Gasteiger partial charge is 0.169 e. The molecule has 5 rings (SSSR count). The van der Waals surface area contributed by atoms with E-state index in [0.717, 1.165) is 48.1 Å². The van der Waals surface area contributed by atoms with Gasteiger partial charge in [0.05, 0.1) is 17.7 Å². The van der Waals surface area contributed by atoms with Crippen LogP contribution in [0.4, 0.5) is 0 Å². The molecule has 4 heterocycles. The molecular weight excluding hydrogens is 398 g/mol. The van der Waals surface area contributed by atoms with Gasteiger partial charge in [-0.25, -0.2) is 9.97 Å². The highest BCUT2D eigenvalue weighted by molar-refractivity contribution is 7.15.